The van der Waals surface area contributed by atoms with Gasteiger partial charge in [-0.3, -0.25) is 9.59 Å². The first kappa shape index (κ1) is 13.1. The number of halogens is 1. The Morgan fingerprint density at radius 1 is 1.44 bits per heavy atom. The van der Waals surface area contributed by atoms with Crippen LogP contribution in [0.2, 0.25) is 5.02 Å². The highest BCUT2D eigenvalue weighted by molar-refractivity contribution is 6.31. The predicted molar refractivity (Wildman–Crippen MR) is 68.7 cm³/mol. The van der Waals surface area contributed by atoms with E-state index in [0.717, 1.165) is 11.1 Å². The molecule has 0 radical (unpaired) electrons. The number of hydrogen-bond acceptors (Lipinski definition) is 3. The molecule has 96 valence electrons. The van der Waals surface area contributed by atoms with Crippen LogP contribution in [0, 0.1) is 6.92 Å². The van der Waals surface area contributed by atoms with Gasteiger partial charge < -0.3 is 4.74 Å². The third-order valence-electron chi connectivity index (χ3n) is 3.63. The standard InChI is InChI=1S/C14H15ClO3/c1-9-3-4-10(7-12(9)15)14(13(17)18-2)6-5-11(16)8-14/h3-4,7H,5-6,8H2,1-2H3. The van der Waals surface area contributed by atoms with Gasteiger partial charge in [0.1, 0.15) is 11.2 Å². The number of rotatable bonds is 2. The lowest BCUT2D eigenvalue weighted by Gasteiger charge is -2.26. The smallest absolute Gasteiger partial charge is 0.316 e. The molecule has 1 aliphatic rings. The van der Waals surface area contributed by atoms with Crippen molar-refractivity contribution < 1.29 is 14.3 Å². The highest BCUT2D eigenvalue weighted by Gasteiger charge is 2.47. The number of esters is 1. The van der Waals surface area contributed by atoms with Crippen molar-refractivity contribution in [3.63, 3.8) is 0 Å². The van der Waals surface area contributed by atoms with Crippen LogP contribution in [-0.4, -0.2) is 18.9 Å². The van der Waals surface area contributed by atoms with Crippen molar-refractivity contribution in [1.29, 1.82) is 0 Å². The summed E-state index contributed by atoms with van der Waals surface area (Å²) in [6, 6.07) is 5.49. The van der Waals surface area contributed by atoms with Gasteiger partial charge >= 0.3 is 5.97 Å². The number of Topliss-reactive ketones (excluding diaryl/α,β-unsaturated/α-hetero) is 1. The molecule has 1 aromatic carbocycles. The molecule has 0 heterocycles. The summed E-state index contributed by atoms with van der Waals surface area (Å²) in [5, 5.41) is 0.607. The van der Waals surface area contributed by atoms with Crippen LogP contribution in [0.3, 0.4) is 0 Å². The zero-order chi connectivity index (χ0) is 13.3. The fourth-order valence-corrected chi connectivity index (χ4v) is 2.67. The van der Waals surface area contributed by atoms with E-state index in [9.17, 15) is 9.59 Å². The first-order valence-corrected chi connectivity index (χ1v) is 6.24. The molecule has 4 heteroatoms. The molecule has 1 fully saturated rings. The lowest BCUT2D eigenvalue weighted by Crippen LogP contribution is -2.34. The molecule has 1 aromatic rings. The van der Waals surface area contributed by atoms with E-state index in [1.165, 1.54) is 7.11 Å². The number of carbonyl (C=O) groups excluding carboxylic acids is 2. The summed E-state index contributed by atoms with van der Waals surface area (Å²) in [5.74, 6) is -0.259. The van der Waals surface area contributed by atoms with Crippen molar-refractivity contribution in [3.05, 3.63) is 34.3 Å². The summed E-state index contributed by atoms with van der Waals surface area (Å²) in [4.78, 5) is 23.6. The molecule has 18 heavy (non-hydrogen) atoms. The van der Waals surface area contributed by atoms with E-state index >= 15 is 0 Å². The fraction of sp³-hybridized carbons (Fsp3) is 0.429. The monoisotopic (exact) mass is 266 g/mol. The molecule has 0 aliphatic heterocycles. The molecular weight excluding hydrogens is 252 g/mol. The van der Waals surface area contributed by atoms with Crippen LogP contribution in [0.15, 0.2) is 18.2 Å². The summed E-state index contributed by atoms with van der Waals surface area (Å²) in [6.45, 7) is 1.90. The van der Waals surface area contributed by atoms with Crippen molar-refractivity contribution >= 4 is 23.4 Å². The number of ketones is 1. The van der Waals surface area contributed by atoms with E-state index in [1.807, 2.05) is 19.1 Å². The molecule has 0 bridgehead atoms. The Bertz CT molecular complexity index is 510. The normalized spacial score (nSPS) is 23.2. The number of methoxy groups -OCH3 is 1. The molecule has 0 saturated heterocycles. The summed E-state index contributed by atoms with van der Waals surface area (Å²) in [6.07, 6.45) is 1.12. The van der Waals surface area contributed by atoms with Gasteiger partial charge in [0.05, 0.1) is 7.11 Å². The predicted octanol–water partition coefficient (Wildman–Crippen LogP) is 2.81. The number of aryl methyl sites for hydroxylation is 1. The van der Waals surface area contributed by atoms with Crippen molar-refractivity contribution in [1.82, 2.24) is 0 Å². The number of carbonyl (C=O) groups is 2. The maximum absolute atomic E-state index is 12.1. The lowest BCUT2D eigenvalue weighted by molar-refractivity contribution is -0.148. The van der Waals surface area contributed by atoms with Crippen molar-refractivity contribution in [2.45, 2.75) is 31.6 Å². The van der Waals surface area contributed by atoms with Crippen molar-refractivity contribution in [2.75, 3.05) is 7.11 Å². The minimum absolute atomic E-state index is 0.0945. The van der Waals surface area contributed by atoms with Gasteiger partial charge in [-0.15, -0.1) is 0 Å². The zero-order valence-corrected chi connectivity index (χ0v) is 11.2. The Labute approximate surface area is 111 Å². The fourth-order valence-electron chi connectivity index (χ4n) is 2.49. The van der Waals surface area contributed by atoms with Crippen LogP contribution in [0.25, 0.3) is 0 Å². The second-order valence-electron chi connectivity index (χ2n) is 4.75. The molecule has 1 aliphatic carbocycles. The van der Waals surface area contributed by atoms with Crippen LogP contribution < -0.4 is 0 Å². The maximum Gasteiger partial charge on any atom is 0.316 e. The molecule has 3 nitrogen and oxygen atoms in total. The molecule has 0 N–H and O–H groups in total. The van der Waals surface area contributed by atoms with E-state index < -0.39 is 5.41 Å². The first-order chi connectivity index (χ1) is 8.49. The van der Waals surface area contributed by atoms with Crippen LogP contribution in [-0.2, 0) is 19.7 Å². The summed E-state index contributed by atoms with van der Waals surface area (Å²) in [7, 11) is 1.35. The Morgan fingerprint density at radius 3 is 2.67 bits per heavy atom. The second kappa shape index (κ2) is 4.73. The van der Waals surface area contributed by atoms with Crippen molar-refractivity contribution in [2.24, 2.45) is 0 Å². The average molecular weight is 267 g/mol. The van der Waals surface area contributed by atoms with Gasteiger partial charge in [0.25, 0.3) is 0 Å². The van der Waals surface area contributed by atoms with E-state index in [-0.39, 0.29) is 18.2 Å². The summed E-state index contributed by atoms with van der Waals surface area (Å²) >= 11 is 6.10. The van der Waals surface area contributed by atoms with Gasteiger partial charge in [0.2, 0.25) is 0 Å². The minimum Gasteiger partial charge on any atom is -0.468 e. The topological polar surface area (TPSA) is 43.4 Å². The highest BCUT2D eigenvalue weighted by Crippen LogP contribution is 2.41. The van der Waals surface area contributed by atoms with E-state index in [2.05, 4.69) is 0 Å². The van der Waals surface area contributed by atoms with Gasteiger partial charge in [-0.2, -0.15) is 0 Å². The number of benzene rings is 1. The Morgan fingerprint density at radius 2 is 2.17 bits per heavy atom. The SMILES string of the molecule is COC(=O)C1(c2ccc(C)c(Cl)c2)CCC(=O)C1. The first-order valence-electron chi connectivity index (χ1n) is 5.86. The van der Waals surface area contributed by atoms with Gasteiger partial charge in [0, 0.05) is 17.9 Å². The average Bonchev–Trinajstić information content (AvgIpc) is 2.75. The number of ether oxygens (including phenoxy) is 1. The lowest BCUT2D eigenvalue weighted by atomic mass is 9.78. The van der Waals surface area contributed by atoms with Crippen molar-refractivity contribution in [3.8, 4) is 0 Å². The molecule has 0 spiro atoms. The zero-order valence-electron chi connectivity index (χ0n) is 10.5. The second-order valence-corrected chi connectivity index (χ2v) is 5.16. The molecule has 1 atom stereocenters. The van der Waals surface area contributed by atoms with Gasteiger partial charge in [0.15, 0.2) is 0 Å². The van der Waals surface area contributed by atoms with E-state index in [4.69, 9.17) is 16.3 Å². The number of hydrogen-bond donors (Lipinski definition) is 0. The van der Waals surface area contributed by atoms with Crippen LogP contribution in [0.4, 0.5) is 0 Å². The van der Waals surface area contributed by atoms with Gasteiger partial charge in [-0.1, -0.05) is 23.7 Å². The minimum atomic E-state index is -0.844. The third-order valence-corrected chi connectivity index (χ3v) is 4.04. The highest BCUT2D eigenvalue weighted by atomic mass is 35.5. The van der Waals surface area contributed by atoms with E-state index in [0.29, 0.717) is 17.9 Å². The van der Waals surface area contributed by atoms with Crippen LogP contribution >= 0.6 is 11.6 Å². The van der Waals surface area contributed by atoms with Crippen LogP contribution in [0.1, 0.15) is 30.4 Å². The Kier molecular flexibility index (Phi) is 3.44. The molecule has 2 rings (SSSR count). The maximum atomic E-state index is 12.1. The molecule has 0 amide bonds. The summed E-state index contributed by atoms with van der Waals surface area (Å²) < 4.78 is 4.88. The van der Waals surface area contributed by atoms with Gasteiger partial charge in [-0.25, -0.2) is 0 Å². The Balaban J connectivity index is 2.50. The molecule has 0 aromatic heterocycles. The van der Waals surface area contributed by atoms with Gasteiger partial charge in [-0.05, 0) is 30.5 Å². The molecule has 1 saturated carbocycles. The van der Waals surface area contributed by atoms with Crippen LogP contribution in [0.5, 0.6) is 0 Å². The molecular formula is C14H15ClO3. The Hall–Kier alpha value is -1.35. The molecule has 1 unspecified atom stereocenters. The largest absolute Gasteiger partial charge is 0.468 e. The third kappa shape index (κ3) is 2.03. The van der Waals surface area contributed by atoms with E-state index in [1.54, 1.807) is 6.07 Å². The summed E-state index contributed by atoms with van der Waals surface area (Å²) in [5.41, 5.74) is 0.879. The quantitative estimate of drug-likeness (QED) is 0.773.